The molecule has 3 heterocycles. The van der Waals surface area contributed by atoms with E-state index in [1.165, 1.54) is 0 Å². The Morgan fingerprint density at radius 1 is 1.19 bits per heavy atom. The molecule has 1 amide bonds. The van der Waals surface area contributed by atoms with Crippen molar-refractivity contribution in [3.63, 3.8) is 0 Å². The number of carbonyl (C=O) groups excluding carboxylic acids is 1. The third-order valence-corrected chi connectivity index (χ3v) is 5.99. The number of benzene rings is 1. The van der Waals surface area contributed by atoms with Gasteiger partial charge in [-0.05, 0) is 49.9 Å². The molecule has 31 heavy (non-hydrogen) atoms. The summed E-state index contributed by atoms with van der Waals surface area (Å²) in [7, 11) is 0. The van der Waals surface area contributed by atoms with Crippen molar-refractivity contribution in [3.8, 4) is 5.69 Å². The Morgan fingerprint density at radius 3 is 2.71 bits per heavy atom. The second kappa shape index (κ2) is 8.01. The molecule has 2 aliphatic rings. The summed E-state index contributed by atoms with van der Waals surface area (Å²) in [6, 6.07) is 8.89. The number of cyclic esters (lactones) is 1. The maximum Gasteiger partial charge on any atom is 0.415 e. The van der Waals surface area contributed by atoms with Gasteiger partial charge in [0.15, 0.2) is 0 Å². The third-order valence-electron chi connectivity index (χ3n) is 5.54. The first kappa shape index (κ1) is 20.1. The molecule has 1 aromatic carbocycles. The second-order valence-electron chi connectivity index (χ2n) is 7.78. The van der Waals surface area contributed by atoms with Crippen molar-refractivity contribution in [3.05, 3.63) is 58.5 Å². The minimum absolute atomic E-state index is 0.00125. The molecule has 1 saturated carbocycles. The Bertz CT molecular complexity index is 1120. The van der Waals surface area contributed by atoms with Crippen LogP contribution in [0.25, 0.3) is 5.69 Å². The predicted molar refractivity (Wildman–Crippen MR) is 118 cm³/mol. The van der Waals surface area contributed by atoms with Gasteiger partial charge in [0.05, 0.1) is 24.0 Å². The van der Waals surface area contributed by atoms with Gasteiger partial charge in [-0.25, -0.2) is 14.5 Å². The van der Waals surface area contributed by atoms with E-state index in [0.717, 1.165) is 24.1 Å². The molecule has 10 heteroatoms. The van der Waals surface area contributed by atoms with Gasteiger partial charge in [0.1, 0.15) is 17.6 Å². The lowest BCUT2D eigenvalue weighted by Crippen LogP contribution is -2.35. The molecule has 1 aliphatic heterocycles. The van der Waals surface area contributed by atoms with Crippen LogP contribution in [0.15, 0.2) is 42.7 Å². The second-order valence-corrected chi connectivity index (χ2v) is 8.61. The number of halogens is 2. The Morgan fingerprint density at radius 2 is 1.97 bits per heavy atom. The molecular formula is C21H20Cl2N6O2. The molecular weight excluding hydrogens is 439 g/mol. The molecule has 1 N–H and O–H groups in total. The molecule has 2 aromatic heterocycles. The van der Waals surface area contributed by atoms with E-state index in [-0.39, 0.29) is 17.2 Å². The largest absolute Gasteiger partial charge is 0.447 e. The van der Waals surface area contributed by atoms with Crippen molar-refractivity contribution in [1.82, 2.24) is 19.7 Å². The summed E-state index contributed by atoms with van der Waals surface area (Å²) in [5.41, 5.74) is 1.85. The normalized spacial score (nSPS) is 19.4. The zero-order valence-electron chi connectivity index (χ0n) is 16.7. The van der Waals surface area contributed by atoms with Crippen LogP contribution in [0.2, 0.25) is 10.2 Å². The molecule has 0 bridgehead atoms. The molecule has 1 aliphatic carbocycles. The van der Waals surface area contributed by atoms with E-state index in [0.29, 0.717) is 29.3 Å². The molecule has 2 atom stereocenters. The minimum atomic E-state index is -0.394. The predicted octanol–water partition coefficient (Wildman–Crippen LogP) is 4.88. The molecule has 8 nitrogen and oxygen atoms in total. The number of anilines is 2. The van der Waals surface area contributed by atoms with E-state index in [4.69, 9.17) is 27.9 Å². The van der Waals surface area contributed by atoms with Gasteiger partial charge < -0.3 is 10.1 Å². The number of nitrogens with one attached hydrogen (secondary N) is 1. The molecule has 1 unspecified atom stereocenters. The Hall–Kier alpha value is -2.84. The maximum absolute atomic E-state index is 12.3. The molecule has 5 rings (SSSR count). The number of hydrogen-bond donors (Lipinski definition) is 1. The lowest BCUT2D eigenvalue weighted by atomic mass is 10.2. The van der Waals surface area contributed by atoms with Crippen LogP contribution >= 0.6 is 23.2 Å². The summed E-state index contributed by atoms with van der Waals surface area (Å²) < 4.78 is 7.03. The highest BCUT2D eigenvalue weighted by atomic mass is 35.5. The minimum Gasteiger partial charge on any atom is -0.447 e. The molecule has 0 radical (unpaired) electrons. The number of aromatic nitrogens is 4. The highest BCUT2D eigenvalue weighted by Crippen LogP contribution is 2.40. The quantitative estimate of drug-likeness (QED) is 0.529. The molecule has 0 spiro atoms. The number of nitrogens with zero attached hydrogens (tertiary/aromatic N) is 5. The summed E-state index contributed by atoms with van der Waals surface area (Å²) in [6.45, 7) is 2.36. The fraction of sp³-hybridized carbons (Fsp3) is 0.333. The molecule has 3 aromatic rings. The van der Waals surface area contributed by atoms with E-state index in [2.05, 4.69) is 20.4 Å². The van der Waals surface area contributed by atoms with Crippen LogP contribution in [0.5, 0.6) is 0 Å². The Balaban J connectivity index is 1.35. The highest BCUT2D eigenvalue weighted by molar-refractivity contribution is 6.30. The van der Waals surface area contributed by atoms with E-state index >= 15 is 0 Å². The van der Waals surface area contributed by atoms with Crippen molar-refractivity contribution < 1.29 is 9.53 Å². The van der Waals surface area contributed by atoms with E-state index in [1.54, 1.807) is 21.8 Å². The summed E-state index contributed by atoms with van der Waals surface area (Å²) in [4.78, 5) is 22.7. The van der Waals surface area contributed by atoms with E-state index < -0.39 is 6.09 Å². The van der Waals surface area contributed by atoms with Crippen LogP contribution in [0.4, 0.5) is 16.6 Å². The van der Waals surface area contributed by atoms with Gasteiger partial charge in [-0.3, -0.25) is 4.90 Å². The third kappa shape index (κ3) is 4.18. The van der Waals surface area contributed by atoms with Crippen molar-refractivity contribution in [2.75, 3.05) is 16.8 Å². The van der Waals surface area contributed by atoms with Crippen LogP contribution in [-0.4, -0.2) is 38.5 Å². The van der Waals surface area contributed by atoms with Crippen molar-refractivity contribution in [2.24, 2.45) is 5.92 Å². The zero-order valence-corrected chi connectivity index (χ0v) is 18.2. The van der Waals surface area contributed by atoms with E-state index in [9.17, 15) is 4.79 Å². The number of amides is 1. The highest BCUT2D eigenvalue weighted by Gasteiger charge is 2.44. The lowest BCUT2D eigenvalue weighted by molar-refractivity contribution is 0.178. The molecule has 160 valence electrons. The van der Waals surface area contributed by atoms with Crippen molar-refractivity contribution in [1.29, 1.82) is 0 Å². The summed E-state index contributed by atoms with van der Waals surface area (Å²) >= 11 is 12.2. The van der Waals surface area contributed by atoms with Crippen LogP contribution in [0.1, 0.15) is 31.4 Å². The molecule has 1 saturated heterocycles. The summed E-state index contributed by atoms with van der Waals surface area (Å²) in [5, 5.41) is 8.60. The fourth-order valence-corrected chi connectivity index (χ4v) is 4.00. The first-order valence-electron chi connectivity index (χ1n) is 10.1. The Kier molecular flexibility index (Phi) is 5.19. The monoisotopic (exact) mass is 458 g/mol. The SMILES string of the molecule is C[C@H](Nc1nc(Cl)cc(N2C(=O)OCC2C2CC2)n1)c1cnn(-c2ccc(Cl)cc2)c1. The zero-order chi connectivity index (χ0) is 21.5. The first-order chi connectivity index (χ1) is 15.0. The van der Waals surface area contributed by atoms with Crippen LogP contribution in [0, 0.1) is 5.92 Å². The Labute approximate surface area is 189 Å². The number of ether oxygens (including phenoxy) is 1. The number of hydrogen-bond acceptors (Lipinski definition) is 6. The standard InChI is InChI=1S/C21H20Cl2N6O2/c1-12(14-9-24-28(10-14)16-6-4-15(22)5-7-16)25-20-26-18(23)8-19(27-20)29-17(13-2-3-13)11-31-21(29)30/h4-10,12-13,17H,2-3,11H2,1H3,(H,25,26,27)/t12-,17?/m0/s1. The van der Waals surface area contributed by atoms with Gasteiger partial charge in [0.2, 0.25) is 5.95 Å². The van der Waals surface area contributed by atoms with Gasteiger partial charge in [0, 0.05) is 22.8 Å². The van der Waals surface area contributed by atoms with Crippen LogP contribution in [0.3, 0.4) is 0 Å². The van der Waals surface area contributed by atoms with Crippen LogP contribution in [-0.2, 0) is 4.74 Å². The summed E-state index contributed by atoms with van der Waals surface area (Å²) in [6.07, 6.45) is 5.49. The number of rotatable bonds is 6. The summed E-state index contributed by atoms with van der Waals surface area (Å²) in [5.74, 6) is 1.24. The van der Waals surface area contributed by atoms with Crippen molar-refractivity contribution >= 4 is 41.1 Å². The first-order valence-corrected chi connectivity index (χ1v) is 10.8. The molecule has 2 fully saturated rings. The fourth-order valence-electron chi connectivity index (χ4n) is 3.69. The van der Waals surface area contributed by atoms with E-state index in [1.807, 2.05) is 37.4 Å². The number of carbonyl (C=O) groups is 1. The van der Waals surface area contributed by atoms with Crippen LogP contribution < -0.4 is 10.2 Å². The average Bonchev–Trinajstić information content (AvgIpc) is 3.32. The van der Waals surface area contributed by atoms with Gasteiger partial charge in [-0.15, -0.1) is 0 Å². The smallest absolute Gasteiger partial charge is 0.415 e. The van der Waals surface area contributed by atoms with Crippen molar-refractivity contribution in [2.45, 2.75) is 31.8 Å². The van der Waals surface area contributed by atoms with Gasteiger partial charge in [-0.1, -0.05) is 23.2 Å². The average molecular weight is 459 g/mol. The topological polar surface area (TPSA) is 85.2 Å². The lowest BCUT2D eigenvalue weighted by Gasteiger charge is -2.21. The van der Waals surface area contributed by atoms with Gasteiger partial charge >= 0.3 is 6.09 Å². The van der Waals surface area contributed by atoms with Gasteiger partial charge in [0.25, 0.3) is 0 Å². The van der Waals surface area contributed by atoms with Gasteiger partial charge in [-0.2, -0.15) is 10.1 Å². The maximum atomic E-state index is 12.3.